The quantitative estimate of drug-likeness (QED) is 0.713. The third-order valence-electron chi connectivity index (χ3n) is 2.65. The predicted molar refractivity (Wildman–Crippen MR) is 72.1 cm³/mol. The molecule has 0 spiro atoms. The Morgan fingerprint density at radius 1 is 1.22 bits per heavy atom. The third kappa shape index (κ3) is 5.32. The molecule has 3 nitrogen and oxygen atoms in total. The van der Waals surface area contributed by atoms with Gasteiger partial charge in [0.1, 0.15) is 0 Å². The second-order valence-electron chi connectivity index (χ2n) is 4.32. The van der Waals surface area contributed by atoms with Gasteiger partial charge in [-0.15, -0.1) is 0 Å². The minimum atomic E-state index is -0.466. The summed E-state index contributed by atoms with van der Waals surface area (Å²) in [6, 6.07) is 9.86. The molecule has 3 heteroatoms. The van der Waals surface area contributed by atoms with Crippen molar-refractivity contribution in [2.45, 2.75) is 32.5 Å². The molecular formula is C15H20NO2. The highest BCUT2D eigenvalue weighted by Crippen LogP contribution is 2.10. The summed E-state index contributed by atoms with van der Waals surface area (Å²) < 4.78 is 0. The van der Waals surface area contributed by atoms with Crippen LogP contribution in [0.1, 0.15) is 19.4 Å². The standard InChI is InChI=1S/C15H20NO2/c1-13(7-6-8-14(2)18)16(12-17)11-15-9-4-3-5-10-15/h3-10,12-14,18H,11H2,1-2H3/t13-,14-/m0/s1. The van der Waals surface area contributed by atoms with Gasteiger partial charge in [-0.25, -0.2) is 0 Å². The summed E-state index contributed by atoms with van der Waals surface area (Å²) in [5.41, 5.74) is 1.10. The number of carbonyl (C=O) groups is 1. The summed E-state index contributed by atoms with van der Waals surface area (Å²) in [6.07, 6.45) is 5.75. The SMILES string of the molecule is C[C@H](O)[CH][CH][CH][C@H](C)N(C=O)Cc1ccccc1. The van der Waals surface area contributed by atoms with Crippen molar-refractivity contribution in [1.29, 1.82) is 0 Å². The molecular weight excluding hydrogens is 226 g/mol. The van der Waals surface area contributed by atoms with Gasteiger partial charge in [-0.2, -0.15) is 0 Å². The molecule has 0 saturated heterocycles. The van der Waals surface area contributed by atoms with Gasteiger partial charge in [-0.05, 0) is 38.7 Å². The summed E-state index contributed by atoms with van der Waals surface area (Å²) >= 11 is 0. The van der Waals surface area contributed by atoms with Crippen LogP contribution in [0.25, 0.3) is 0 Å². The zero-order valence-electron chi connectivity index (χ0n) is 10.9. The Labute approximate surface area is 109 Å². The van der Waals surface area contributed by atoms with Crippen molar-refractivity contribution in [3.05, 3.63) is 55.2 Å². The van der Waals surface area contributed by atoms with Gasteiger partial charge in [-0.3, -0.25) is 4.79 Å². The molecule has 3 radical (unpaired) electrons. The molecule has 18 heavy (non-hydrogen) atoms. The van der Waals surface area contributed by atoms with E-state index in [-0.39, 0.29) is 6.04 Å². The van der Waals surface area contributed by atoms with Gasteiger partial charge in [-0.1, -0.05) is 30.3 Å². The van der Waals surface area contributed by atoms with Crippen LogP contribution in [0.2, 0.25) is 0 Å². The van der Waals surface area contributed by atoms with Crippen molar-refractivity contribution < 1.29 is 9.90 Å². The van der Waals surface area contributed by atoms with Crippen molar-refractivity contribution in [3.8, 4) is 0 Å². The second-order valence-corrected chi connectivity index (χ2v) is 4.32. The summed E-state index contributed by atoms with van der Waals surface area (Å²) in [5.74, 6) is 0. The molecule has 0 aliphatic carbocycles. The van der Waals surface area contributed by atoms with E-state index in [0.717, 1.165) is 12.0 Å². The zero-order valence-corrected chi connectivity index (χ0v) is 10.9. The van der Waals surface area contributed by atoms with Gasteiger partial charge < -0.3 is 10.0 Å². The highest BCUT2D eigenvalue weighted by atomic mass is 16.3. The molecule has 0 fully saturated rings. The lowest BCUT2D eigenvalue weighted by molar-refractivity contribution is -0.119. The maximum atomic E-state index is 11.1. The molecule has 0 aliphatic rings. The fourth-order valence-corrected chi connectivity index (χ4v) is 1.57. The fourth-order valence-electron chi connectivity index (χ4n) is 1.57. The topological polar surface area (TPSA) is 40.5 Å². The first-order valence-electron chi connectivity index (χ1n) is 6.08. The molecule has 0 bridgehead atoms. The van der Waals surface area contributed by atoms with Crippen LogP contribution in [-0.4, -0.2) is 28.6 Å². The van der Waals surface area contributed by atoms with E-state index in [1.54, 1.807) is 24.7 Å². The second kappa shape index (κ2) is 7.88. The maximum Gasteiger partial charge on any atom is 0.210 e. The number of aliphatic hydroxyl groups is 1. The lowest BCUT2D eigenvalue weighted by Gasteiger charge is -2.25. The molecule has 1 N–H and O–H groups in total. The minimum Gasteiger partial charge on any atom is -0.393 e. The molecule has 97 valence electrons. The van der Waals surface area contributed by atoms with Gasteiger partial charge in [0.05, 0.1) is 6.10 Å². The van der Waals surface area contributed by atoms with Crippen LogP contribution in [0.3, 0.4) is 0 Å². The van der Waals surface area contributed by atoms with E-state index in [9.17, 15) is 4.79 Å². The van der Waals surface area contributed by atoms with Crippen molar-refractivity contribution >= 4 is 6.41 Å². The number of hydrogen-bond donors (Lipinski definition) is 1. The molecule has 0 heterocycles. The molecule has 1 amide bonds. The van der Waals surface area contributed by atoms with Gasteiger partial charge in [0, 0.05) is 12.6 Å². The van der Waals surface area contributed by atoms with Crippen LogP contribution in [0, 0.1) is 19.3 Å². The van der Waals surface area contributed by atoms with Gasteiger partial charge >= 0.3 is 0 Å². The van der Waals surface area contributed by atoms with E-state index < -0.39 is 6.10 Å². The van der Waals surface area contributed by atoms with E-state index in [4.69, 9.17) is 5.11 Å². The molecule has 0 aromatic heterocycles. The first-order chi connectivity index (χ1) is 8.63. The van der Waals surface area contributed by atoms with Crippen molar-refractivity contribution in [2.24, 2.45) is 0 Å². The smallest absolute Gasteiger partial charge is 0.210 e. The number of carbonyl (C=O) groups excluding carboxylic acids is 1. The Bertz CT molecular complexity index is 338. The normalized spacial score (nSPS) is 13.9. The molecule has 0 saturated carbocycles. The molecule has 0 aliphatic heterocycles. The Morgan fingerprint density at radius 2 is 1.89 bits per heavy atom. The number of rotatable bonds is 8. The van der Waals surface area contributed by atoms with Crippen LogP contribution < -0.4 is 0 Å². The van der Waals surface area contributed by atoms with Crippen LogP contribution >= 0.6 is 0 Å². The average molecular weight is 246 g/mol. The molecule has 1 rings (SSSR count). The Morgan fingerprint density at radius 3 is 2.44 bits per heavy atom. The zero-order chi connectivity index (χ0) is 13.4. The van der Waals surface area contributed by atoms with Gasteiger partial charge in [0.15, 0.2) is 0 Å². The van der Waals surface area contributed by atoms with Gasteiger partial charge in [0.25, 0.3) is 0 Å². The average Bonchev–Trinajstić information content (AvgIpc) is 2.36. The van der Waals surface area contributed by atoms with E-state index >= 15 is 0 Å². The summed E-state index contributed by atoms with van der Waals surface area (Å²) in [6.45, 7) is 4.23. The minimum absolute atomic E-state index is 0.00212. The Balaban J connectivity index is 2.42. The van der Waals surface area contributed by atoms with Crippen LogP contribution in [0.15, 0.2) is 30.3 Å². The number of aliphatic hydroxyl groups excluding tert-OH is 1. The molecule has 2 atom stereocenters. The van der Waals surface area contributed by atoms with Gasteiger partial charge in [0.2, 0.25) is 6.41 Å². The Kier molecular flexibility index (Phi) is 6.44. The van der Waals surface area contributed by atoms with E-state index in [1.165, 1.54) is 0 Å². The molecule has 0 unspecified atom stereocenters. The van der Waals surface area contributed by atoms with Crippen LogP contribution in [0.4, 0.5) is 0 Å². The summed E-state index contributed by atoms with van der Waals surface area (Å²) in [5, 5.41) is 9.11. The van der Waals surface area contributed by atoms with Crippen molar-refractivity contribution in [2.75, 3.05) is 0 Å². The largest absolute Gasteiger partial charge is 0.393 e. The van der Waals surface area contributed by atoms with Crippen molar-refractivity contribution in [3.63, 3.8) is 0 Å². The summed E-state index contributed by atoms with van der Waals surface area (Å²) in [7, 11) is 0. The van der Waals surface area contributed by atoms with E-state index in [1.807, 2.05) is 43.7 Å². The molecule has 1 aromatic rings. The fraction of sp³-hybridized carbons (Fsp3) is 0.333. The number of nitrogens with zero attached hydrogens (tertiary/aromatic N) is 1. The van der Waals surface area contributed by atoms with Crippen molar-refractivity contribution in [1.82, 2.24) is 4.90 Å². The highest BCUT2D eigenvalue weighted by Gasteiger charge is 2.12. The number of benzene rings is 1. The molecule has 1 aromatic carbocycles. The number of hydrogen-bond acceptors (Lipinski definition) is 2. The predicted octanol–water partition coefficient (Wildman–Crippen LogP) is 2.03. The Hall–Kier alpha value is -1.35. The lowest BCUT2D eigenvalue weighted by Crippen LogP contribution is -2.32. The third-order valence-corrected chi connectivity index (χ3v) is 2.65. The number of amides is 1. The lowest BCUT2D eigenvalue weighted by atomic mass is 10.1. The van der Waals surface area contributed by atoms with Crippen LogP contribution in [-0.2, 0) is 11.3 Å². The van der Waals surface area contributed by atoms with E-state index in [0.29, 0.717) is 6.54 Å². The first kappa shape index (κ1) is 14.7. The maximum absolute atomic E-state index is 11.1. The van der Waals surface area contributed by atoms with Crippen LogP contribution in [0.5, 0.6) is 0 Å². The first-order valence-corrected chi connectivity index (χ1v) is 6.08. The highest BCUT2D eigenvalue weighted by molar-refractivity contribution is 5.48. The summed E-state index contributed by atoms with van der Waals surface area (Å²) in [4.78, 5) is 12.8. The van der Waals surface area contributed by atoms with E-state index in [2.05, 4.69) is 0 Å². The monoisotopic (exact) mass is 246 g/mol.